The Balaban J connectivity index is 2.37. The van der Waals surface area contributed by atoms with Crippen molar-refractivity contribution >= 4 is 5.91 Å². The quantitative estimate of drug-likeness (QED) is 0.627. The molecular weight excluding hydrogens is 166 g/mol. The monoisotopic (exact) mass is 183 g/mol. The average Bonchev–Trinajstić information content (AvgIpc) is 2.49. The van der Waals surface area contributed by atoms with E-state index in [0.29, 0.717) is 6.42 Å². The maximum absolute atomic E-state index is 11.4. The molecule has 1 amide bonds. The van der Waals surface area contributed by atoms with Gasteiger partial charge in [-0.05, 0) is 33.1 Å². The van der Waals surface area contributed by atoms with E-state index in [9.17, 15) is 9.90 Å². The third kappa shape index (κ3) is 2.84. The molecule has 0 aromatic heterocycles. The lowest BCUT2D eigenvalue weighted by Crippen LogP contribution is -2.33. The number of amides is 1. The van der Waals surface area contributed by atoms with Crippen molar-refractivity contribution in [2.45, 2.75) is 45.3 Å². The molecule has 3 heteroatoms. The molecule has 1 saturated carbocycles. The number of carbonyl (C=O) groups is 1. The summed E-state index contributed by atoms with van der Waals surface area (Å²) < 4.78 is 0. The Kier molecular flexibility index (Phi) is 3.48. The largest absolute Gasteiger partial charge is 0.393 e. The number of rotatable bonds is 2. The lowest BCUT2D eigenvalue weighted by molar-refractivity contribution is -0.118. The van der Waals surface area contributed by atoms with Crippen molar-refractivity contribution in [1.82, 2.24) is 5.32 Å². The van der Waals surface area contributed by atoms with E-state index in [0.717, 1.165) is 18.4 Å². The van der Waals surface area contributed by atoms with Gasteiger partial charge >= 0.3 is 0 Å². The Hall–Kier alpha value is -0.830. The summed E-state index contributed by atoms with van der Waals surface area (Å²) in [6, 6.07) is 0.164. The number of hydrogen-bond acceptors (Lipinski definition) is 2. The second kappa shape index (κ2) is 4.42. The van der Waals surface area contributed by atoms with Crippen LogP contribution < -0.4 is 5.32 Å². The van der Waals surface area contributed by atoms with Gasteiger partial charge in [0.25, 0.3) is 0 Å². The van der Waals surface area contributed by atoms with Gasteiger partial charge in [-0.25, -0.2) is 0 Å². The van der Waals surface area contributed by atoms with Crippen molar-refractivity contribution in [3.8, 4) is 0 Å². The molecule has 2 N–H and O–H groups in total. The highest BCUT2D eigenvalue weighted by atomic mass is 16.3. The van der Waals surface area contributed by atoms with E-state index in [2.05, 4.69) is 5.32 Å². The van der Waals surface area contributed by atoms with Crippen LogP contribution in [0.5, 0.6) is 0 Å². The molecule has 13 heavy (non-hydrogen) atoms. The van der Waals surface area contributed by atoms with E-state index < -0.39 is 0 Å². The summed E-state index contributed by atoms with van der Waals surface area (Å²) in [5.41, 5.74) is 0.737. The first-order valence-electron chi connectivity index (χ1n) is 4.75. The van der Waals surface area contributed by atoms with Crippen molar-refractivity contribution in [3.63, 3.8) is 0 Å². The third-order valence-corrected chi connectivity index (χ3v) is 2.53. The highest BCUT2D eigenvalue weighted by molar-refractivity contribution is 5.92. The zero-order valence-corrected chi connectivity index (χ0v) is 8.21. The molecular formula is C10H17NO2. The van der Waals surface area contributed by atoms with Gasteiger partial charge in [0, 0.05) is 11.6 Å². The first-order chi connectivity index (χ1) is 6.13. The zero-order chi connectivity index (χ0) is 9.84. The molecule has 0 aromatic rings. The maximum atomic E-state index is 11.4. The Bertz CT molecular complexity index is 223. The molecule has 1 aliphatic rings. The fourth-order valence-corrected chi connectivity index (χ4v) is 1.52. The molecule has 0 bridgehead atoms. The van der Waals surface area contributed by atoms with E-state index in [1.807, 2.05) is 6.92 Å². The number of carbonyl (C=O) groups excluding carboxylic acids is 1. The van der Waals surface area contributed by atoms with E-state index in [1.54, 1.807) is 13.0 Å². The normalized spacial score (nSPS) is 29.0. The molecule has 1 fully saturated rings. The van der Waals surface area contributed by atoms with Crippen molar-refractivity contribution in [1.29, 1.82) is 0 Å². The summed E-state index contributed by atoms with van der Waals surface area (Å²) in [5, 5.41) is 12.1. The van der Waals surface area contributed by atoms with Gasteiger partial charge in [0.1, 0.15) is 0 Å². The van der Waals surface area contributed by atoms with Gasteiger partial charge < -0.3 is 10.4 Å². The van der Waals surface area contributed by atoms with Crippen LogP contribution in [-0.2, 0) is 4.79 Å². The van der Waals surface area contributed by atoms with E-state index >= 15 is 0 Å². The highest BCUT2D eigenvalue weighted by Gasteiger charge is 2.23. The summed E-state index contributed by atoms with van der Waals surface area (Å²) in [6.07, 6.45) is 3.96. The number of nitrogens with one attached hydrogen (secondary N) is 1. The number of allylic oxidation sites excluding steroid dienone is 1. The van der Waals surface area contributed by atoms with Crippen LogP contribution in [0.2, 0.25) is 0 Å². The smallest absolute Gasteiger partial charge is 0.246 e. The van der Waals surface area contributed by atoms with Crippen LogP contribution in [0.1, 0.15) is 33.1 Å². The maximum Gasteiger partial charge on any atom is 0.246 e. The highest BCUT2D eigenvalue weighted by Crippen LogP contribution is 2.18. The molecule has 0 saturated heterocycles. The van der Waals surface area contributed by atoms with Gasteiger partial charge in [-0.15, -0.1) is 0 Å². The van der Waals surface area contributed by atoms with Crippen LogP contribution in [0.3, 0.4) is 0 Å². The van der Waals surface area contributed by atoms with Gasteiger partial charge in [0.15, 0.2) is 0 Å². The minimum Gasteiger partial charge on any atom is -0.393 e. The molecule has 0 unspecified atom stereocenters. The molecule has 3 nitrogen and oxygen atoms in total. The van der Waals surface area contributed by atoms with Gasteiger partial charge in [-0.3, -0.25) is 4.79 Å². The van der Waals surface area contributed by atoms with E-state index in [-0.39, 0.29) is 18.1 Å². The molecule has 0 spiro atoms. The van der Waals surface area contributed by atoms with Crippen molar-refractivity contribution in [2.24, 2.45) is 0 Å². The molecule has 0 aromatic carbocycles. The van der Waals surface area contributed by atoms with Gasteiger partial charge in [0.05, 0.1) is 6.10 Å². The first-order valence-corrected chi connectivity index (χ1v) is 4.75. The fraction of sp³-hybridized carbons (Fsp3) is 0.700. The summed E-state index contributed by atoms with van der Waals surface area (Å²) in [4.78, 5) is 11.4. The van der Waals surface area contributed by atoms with Gasteiger partial charge in [-0.2, -0.15) is 0 Å². The lowest BCUT2D eigenvalue weighted by Gasteiger charge is -2.11. The van der Waals surface area contributed by atoms with Crippen LogP contribution in [0.4, 0.5) is 0 Å². The van der Waals surface area contributed by atoms with Gasteiger partial charge in [0.2, 0.25) is 5.91 Å². The van der Waals surface area contributed by atoms with Crippen molar-refractivity contribution in [3.05, 3.63) is 11.6 Å². The minimum absolute atomic E-state index is 0.0124. The molecule has 74 valence electrons. The van der Waals surface area contributed by atoms with Crippen LogP contribution in [0, 0.1) is 0 Å². The second-order valence-electron chi connectivity index (χ2n) is 3.61. The predicted octanol–water partition coefficient (Wildman–Crippen LogP) is 0.982. The SMILES string of the molecule is C/C=C(/C)C(=O)N[C@H]1CC[C@@H](O)C1. The summed E-state index contributed by atoms with van der Waals surface area (Å²) in [6.45, 7) is 3.64. The molecule has 1 rings (SSSR count). The molecule has 0 radical (unpaired) electrons. The summed E-state index contributed by atoms with van der Waals surface area (Å²) in [5.74, 6) is -0.0124. The van der Waals surface area contributed by atoms with Crippen LogP contribution in [-0.4, -0.2) is 23.2 Å². The van der Waals surface area contributed by atoms with Crippen molar-refractivity contribution in [2.75, 3.05) is 0 Å². The van der Waals surface area contributed by atoms with E-state index in [1.165, 1.54) is 0 Å². The van der Waals surface area contributed by atoms with Crippen molar-refractivity contribution < 1.29 is 9.90 Å². The number of aliphatic hydroxyl groups excluding tert-OH is 1. The fourth-order valence-electron chi connectivity index (χ4n) is 1.52. The van der Waals surface area contributed by atoms with Crippen LogP contribution in [0.25, 0.3) is 0 Å². The molecule has 1 aliphatic carbocycles. The Labute approximate surface area is 78.8 Å². The Morgan fingerprint density at radius 1 is 1.54 bits per heavy atom. The van der Waals surface area contributed by atoms with E-state index in [4.69, 9.17) is 0 Å². The van der Waals surface area contributed by atoms with Crippen LogP contribution >= 0.6 is 0 Å². The Morgan fingerprint density at radius 2 is 2.23 bits per heavy atom. The standard InChI is InChI=1S/C10H17NO2/c1-3-7(2)10(13)11-8-4-5-9(12)6-8/h3,8-9,12H,4-6H2,1-2H3,(H,11,13)/b7-3-/t8-,9+/m0/s1. The molecule has 0 aliphatic heterocycles. The van der Waals surface area contributed by atoms with Crippen LogP contribution in [0.15, 0.2) is 11.6 Å². The summed E-state index contributed by atoms with van der Waals surface area (Å²) >= 11 is 0. The molecule has 0 heterocycles. The summed E-state index contributed by atoms with van der Waals surface area (Å²) in [7, 11) is 0. The number of aliphatic hydroxyl groups is 1. The average molecular weight is 183 g/mol. The topological polar surface area (TPSA) is 49.3 Å². The zero-order valence-electron chi connectivity index (χ0n) is 8.21. The Morgan fingerprint density at radius 3 is 2.69 bits per heavy atom. The lowest BCUT2D eigenvalue weighted by atomic mass is 10.2. The first kappa shape index (κ1) is 10.3. The number of hydrogen-bond donors (Lipinski definition) is 2. The predicted molar refractivity (Wildman–Crippen MR) is 51.2 cm³/mol. The second-order valence-corrected chi connectivity index (χ2v) is 3.61. The molecule has 2 atom stereocenters. The third-order valence-electron chi connectivity index (χ3n) is 2.53. The minimum atomic E-state index is -0.226. The van der Waals surface area contributed by atoms with Gasteiger partial charge in [-0.1, -0.05) is 6.08 Å².